The minimum atomic E-state index is -3.80. The number of aryl methyl sites for hydroxylation is 2. The van der Waals surface area contributed by atoms with Crippen LogP contribution in [-0.4, -0.2) is 8.42 Å². The molecule has 0 atom stereocenters. The first-order valence-corrected chi connectivity index (χ1v) is 8.32. The first-order valence-electron chi connectivity index (χ1n) is 6.91. The van der Waals surface area contributed by atoms with Crippen LogP contribution in [0.25, 0.3) is 0 Å². The van der Waals surface area contributed by atoms with Gasteiger partial charge < -0.3 is 4.18 Å². The molecule has 21 heavy (non-hydrogen) atoms. The van der Waals surface area contributed by atoms with E-state index < -0.39 is 10.1 Å². The lowest BCUT2D eigenvalue weighted by Gasteiger charge is -2.14. The van der Waals surface area contributed by atoms with Gasteiger partial charge in [0, 0.05) is 0 Å². The highest BCUT2D eigenvalue weighted by molar-refractivity contribution is 7.87. The van der Waals surface area contributed by atoms with Gasteiger partial charge in [0.15, 0.2) is 0 Å². The molecule has 2 aromatic rings. The van der Waals surface area contributed by atoms with E-state index in [1.165, 1.54) is 0 Å². The summed E-state index contributed by atoms with van der Waals surface area (Å²) >= 11 is 0. The first kappa shape index (κ1) is 15.6. The summed E-state index contributed by atoms with van der Waals surface area (Å²) in [5.74, 6) is 0.597. The van der Waals surface area contributed by atoms with E-state index in [1.807, 2.05) is 39.8 Å². The van der Waals surface area contributed by atoms with Gasteiger partial charge >= 0.3 is 10.1 Å². The van der Waals surface area contributed by atoms with Gasteiger partial charge in [-0.05, 0) is 49.1 Å². The van der Waals surface area contributed by atoms with E-state index in [2.05, 4.69) is 0 Å². The molecule has 0 radical (unpaired) electrons. The van der Waals surface area contributed by atoms with Crippen molar-refractivity contribution in [2.24, 2.45) is 0 Å². The van der Waals surface area contributed by atoms with Gasteiger partial charge in [-0.1, -0.05) is 43.7 Å². The molecule has 2 rings (SSSR count). The van der Waals surface area contributed by atoms with Crippen LogP contribution in [0.4, 0.5) is 0 Å². The lowest BCUT2D eigenvalue weighted by Crippen LogP contribution is -2.11. The molecule has 0 saturated heterocycles. The van der Waals surface area contributed by atoms with Crippen molar-refractivity contribution in [1.82, 2.24) is 0 Å². The molecular weight excluding hydrogens is 284 g/mol. The number of benzene rings is 2. The van der Waals surface area contributed by atoms with Gasteiger partial charge in [-0.25, -0.2) is 0 Å². The molecule has 112 valence electrons. The summed E-state index contributed by atoms with van der Waals surface area (Å²) in [7, 11) is -3.80. The number of hydrogen-bond donors (Lipinski definition) is 0. The third-order valence-electron chi connectivity index (χ3n) is 3.30. The smallest absolute Gasteiger partial charge is 0.339 e. The van der Waals surface area contributed by atoms with E-state index in [1.54, 1.807) is 30.3 Å². The van der Waals surface area contributed by atoms with Crippen LogP contribution in [0.3, 0.4) is 0 Å². The zero-order valence-electron chi connectivity index (χ0n) is 12.8. The molecular formula is C17H20O3S. The Kier molecular flexibility index (Phi) is 4.37. The Morgan fingerprint density at radius 3 is 2.05 bits per heavy atom. The summed E-state index contributed by atoms with van der Waals surface area (Å²) in [4.78, 5) is 0.171. The lowest BCUT2D eigenvalue weighted by molar-refractivity contribution is 0.481. The Balaban J connectivity index is 2.41. The van der Waals surface area contributed by atoms with Crippen LogP contribution in [0.2, 0.25) is 0 Å². The molecule has 0 aliphatic heterocycles. The Morgan fingerprint density at radius 1 is 0.905 bits per heavy atom. The standard InChI is InChI=1S/C17H20O3S/c1-12(2)16-10-7-14(4)11-17(16)20-21(18,19)15-8-5-13(3)6-9-15/h5-12H,1-4H3. The van der Waals surface area contributed by atoms with Crippen molar-refractivity contribution in [2.75, 3.05) is 0 Å². The van der Waals surface area contributed by atoms with Crippen molar-refractivity contribution >= 4 is 10.1 Å². The molecule has 0 aliphatic rings. The van der Waals surface area contributed by atoms with E-state index in [4.69, 9.17) is 4.18 Å². The SMILES string of the molecule is Cc1ccc(S(=O)(=O)Oc2cc(C)ccc2C(C)C)cc1. The summed E-state index contributed by atoms with van der Waals surface area (Å²) in [6, 6.07) is 12.3. The molecule has 4 heteroatoms. The van der Waals surface area contributed by atoms with Gasteiger partial charge in [-0.15, -0.1) is 0 Å². The number of hydrogen-bond acceptors (Lipinski definition) is 3. The maximum Gasteiger partial charge on any atom is 0.339 e. The Morgan fingerprint density at radius 2 is 1.48 bits per heavy atom. The topological polar surface area (TPSA) is 43.4 Å². The van der Waals surface area contributed by atoms with Gasteiger partial charge in [-0.2, -0.15) is 8.42 Å². The average Bonchev–Trinajstić information content (AvgIpc) is 2.38. The van der Waals surface area contributed by atoms with Crippen molar-refractivity contribution in [3.05, 3.63) is 59.2 Å². The van der Waals surface area contributed by atoms with Crippen LogP contribution in [0.1, 0.15) is 36.5 Å². The van der Waals surface area contributed by atoms with E-state index in [0.29, 0.717) is 5.75 Å². The zero-order chi connectivity index (χ0) is 15.6. The maximum absolute atomic E-state index is 12.4. The van der Waals surface area contributed by atoms with Crippen LogP contribution in [-0.2, 0) is 10.1 Å². The molecule has 0 saturated carbocycles. The van der Waals surface area contributed by atoms with E-state index in [0.717, 1.165) is 16.7 Å². The van der Waals surface area contributed by atoms with Crippen molar-refractivity contribution in [2.45, 2.75) is 38.5 Å². The second-order valence-corrected chi connectivity index (χ2v) is 7.09. The fourth-order valence-corrected chi connectivity index (χ4v) is 3.01. The molecule has 0 heterocycles. The molecule has 0 unspecified atom stereocenters. The van der Waals surface area contributed by atoms with Crippen molar-refractivity contribution in [3.8, 4) is 5.75 Å². The van der Waals surface area contributed by atoms with E-state index in [9.17, 15) is 8.42 Å². The van der Waals surface area contributed by atoms with Crippen molar-refractivity contribution < 1.29 is 12.6 Å². The average molecular weight is 304 g/mol. The normalized spacial score (nSPS) is 11.7. The largest absolute Gasteiger partial charge is 0.379 e. The summed E-state index contributed by atoms with van der Waals surface area (Å²) in [5, 5.41) is 0. The third-order valence-corrected chi connectivity index (χ3v) is 4.55. The predicted octanol–water partition coefficient (Wildman–Crippen LogP) is 4.19. The van der Waals surface area contributed by atoms with Crippen LogP contribution in [0, 0.1) is 13.8 Å². The highest BCUT2D eigenvalue weighted by Gasteiger charge is 2.19. The molecule has 2 aromatic carbocycles. The summed E-state index contributed by atoms with van der Waals surface area (Å²) in [5.41, 5.74) is 2.86. The molecule has 0 aliphatic carbocycles. The second-order valence-electron chi connectivity index (χ2n) is 5.55. The lowest BCUT2D eigenvalue weighted by atomic mass is 10.0. The second kappa shape index (κ2) is 5.90. The fourth-order valence-electron chi connectivity index (χ4n) is 2.06. The van der Waals surface area contributed by atoms with Gasteiger partial charge in [-0.3, -0.25) is 0 Å². The number of rotatable bonds is 4. The van der Waals surface area contributed by atoms with Gasteiger partial charge in [0.25, 0.3) is 0 Å². The van der Waals surface area contributed by atoms with E-state index >= 15 is 0 Å². The third kappa shape index (κ3) is 3.64. The van der Waals surface area contributed by atoms with Gasteiger partial charge in [0.05, 0.1) is 0 Å². The minimum absolute atomic E-state index is 0.171. The maximum atomic E-state index is 12.4. The molecule has 0 aromatic heterocycles. The molecule has 0 N–H and O–H groups in total. The summed E-state index contributed by atoms with van der Waals surface area (Å²) in [6.45, 7) is 7.84. The fraction of sp³-hybridized carbons (Fsp3) is 0.294. The van der Waals surface area contributed by atoms with Crippen LogP contribution >= 0.6 is 0 Å². The monoisotopic (exact) mass is 304 g/mol. The Labute approximate surface area is 126 Å². The van der Waals surface area contributed by atoms with Crippen molar-refractivity contribution in [1.29, 1.82) is 0 Å². The first-order chi connectivity index (χ1) is 9.79. The molecule has 0 spiro atoms. The Bertz CT molecular complexity index is 729. The quantitative estimate of drug-likeness (QED) is 0.795. The Hall–Kier alpha value is -1.81. The minimum Gasteiger partial charge on any atom is -0.379 e. The summed E-state index contributed by atoms with van der Waals surface area (Å²) in [6.07, 6.45) is 0. The molecule has 0 amide bonds. The predicted molar refractivity (Wildman–Crippen MR) is 84.3 cm³/mol. The van der Waals surface area contributed by atoms with Crippen LogP contribution < -0.4 is 4.18 Å². The van der Waals surface area contributed by atoms with Crippen molar-refractivity contribution in [3.63, 3.8) is 0 Å². The van der Waals surface area contributed by atoms with Crippen LogP contribution in [0.15, 0.2) is 47.4 Å². The summed E-state index contributed by atoms with van der Waals surface area (Å²) < 4.78 is 30.1. The molecule has 0 bridgehead atoms. The van der Waals surface area contributed by atoms with Gasteiger partial charge in [0.1, 0.15) is 10.6 Å². The molecule has 0 fully saturated rings. The van der Waals surface area contributed by atoms with E-state index in [-0.39, 0.29) is 10.8 Å². The van der Waals surface area contributed by atoms with Crippen LogP contribution in [0.5, 0.6) is 5.75 Å². The molecule has 3 nitrogen and oxygen atoms in total. The highest BCUT2D eigenvalue weighted by atomic mass is 32.2. The zero-order valence-corrected chi connectivity index (χ0v) is 13.6. The van der Waals surface area contributed by atoms with Gasteiger partial charge in [0.2, 0.25) is 0 Å². The highest BCUT2D eigenvalue weighted by Crippen LogP contribution is 2.30.